The number of hydrogen-bond acceptors (Lipinski definition) is 3. The molecule has 0 aliphatic carbocycles. The number of benzene rings is 1. The number of carbonyl (C=O) groups excluding carboxylic acids is 1. The Labute approximate surface area is 112 Å². The number of fused-ring (bicyclic) bond motifs is 1. The quantitative estimate of drug-likeness (QED) is 0.868. The molecule has 0 aromatic heterocycles. The molecule has 19 heavy (non-hydrogen) atoms. The van der Waals surface area contributed by atoms with Crippen molar-refractivity contribution < 1.29 is 14.7 Å². The number of carbonyl (C=O) groups is 2. The van der Waals surface area contributed by atoms with E-state index in [0.29, 0.717) is 5.56 Å². The lowest BCUT2D eigenvalue weighted by atomic mass is 9.84. The zero-order valence-electron chi connectivity index (χ0n) is 11.5. The third-order valence-electron chi connectivity index (χ3n) is 3.60. The minimum absolute atomic E-state index is 0.0589. The highest BCUT2D eigenvalue weighted by atomic mass is 16.4. The smallest absolute Gasteiger partial charge is 0.325 e. The van der Waals surface area contributed by atoms with Gasteiger partial charge in [-0.3, -0.25) is 14.5 Å². The highest BCUT2D eigenvalue weighted by Gasteiger charge is 2.39. The number of carboxylic acid groups (broad SMARTS) is 1. The molecule has 0 spiro atoms. The molecule has 1 aliphatic rings. The summed E-state index contributed by atoms with van der Waals surface area (Å²) in [6.45, 7) is 3.67. The number of nitrogens with zero attached hydrogens (tertiary/aromatic N) is 1. The number of nitrogens with one attached hydrogen (secondary N) is 1. The predicted octanol–water partition coefficient (Wildman–Crippen LogP) is 1.60. The first-order valence-corrected chi connectivity index (χ1v) is 6.10. The molecule has 5 nitrogen and oxygen atoms in total. The van der Waals surface area contributed by atoms with E-state index < -0.39 is 17.4 Å². The third kappa shape index (κ3) is 2.10. The van der Waals surface area contributed by atoms with Gasteiger partial charge < -0.3 is 10.4 Å². The van der Waals surface area contributed by atoms with E-state index in [4.69, 9.17) is 0 Å². The summed E-state index contributed by atoms with van der Waals surface area (Å²) in [4.78, 5) is 24.8. The Kier molecular flexibility index (Phi) is 3.10. The predicted molar refractivity (Wildman–Crippen MR) is 72.2 cm³/mol. The summed E-state index contributed by atoms with van der Waals surface area (Å²) in [5.74, 6) is -0.962. The summed E-state index contributed by atoms with van der Waals surface area (Å²) in [7, 11) is 3.45. The van der Waals surface area contributed by atoms with Crippen molar-refractivity contribution in [2.75, 3.05) is 19.4 Å². The van der Waals surface area contributed by atoms with Crippen molar-refractivity contribution in [1.29, 1.82) is 0 Å². The molecule has 1 heterocycles. The van der Waals surface area contributed by atoms with E-state index in [1.165, 1.54) is 0 Å². The maximum atomic E-state index is 11.9. The molecule has 0 fully saturated rings. The van der Waals surface area contributed by atoms with E-state index in [-0.39, 0.29) is 5.91 Å². The van der Waals surface area contributed by atoms with E-state index in [2.05, 4.69) is 5.32 Å². The van der Waals surface area contributed by atoms with Gasteiger partial charge in [-0.25, -0.2) is 0 Å². The number of likely N-dealkylation sites (N-methyl/N-ethyl adjacent to an activating group) is 1. The lowest BCUT2D eigenvalue weighted by molar-refractivity contribution is -0.142. The molecule has 1 aliphatic heterocycles. The van der Waals surface area contributed by atoms with Crippen molar-refractivity contribution in [3.8, 4) is 0 Å². The van der Waals surface area contributed by atoms with Crippen molar-refractivity contribution in [1.82, 2.24) is 4.90 Å². The van der Waals surface area contributed by atoms with Gasteiger partial charge >= 0.3 is 5.97 Å². The van der Waals surface area contributed by atoms with Gasteiger partial charge in [0, 0.05) is 5.69 Å². The molecule has 5 heteroatoms. The van der Waals surface area contributed by atoms with Crippen molar-refractivity contribution in [3.63, 3.8) is 0 Å². The van der Waals surface area contributed by atoms with Crippen LogP contribution in [0, 0.1) is 0 Å². The summed E-state index contributed by atoms with van der Waals surface area (Å²) in [6, 6.07) is 4.62. The van der Waals surface area contributed by atoms with E-state index in [1.54, 1.807) is 31.1 Å². The first kappa shape index (κ1) is 13.5. The molecule has 1 atom stereocenters. The number of rotatable bonds is 3. The van der Waals surface area contributed by atoms with Crippen molar-refractivity contribution in [2.24, 2.45) is 0 Å². The molecular formula is C14H18N2O3. The van der Waals surface area contributed by atoms with Gasteiger partial charge in [-0.2, -0.15) is 0 Å². The molecule has 1 unspecified atom stereocenters. The molecule has 0 saturated carbocycles. The molecule has 1 amide bonds. The molecule has 1 aromatic rings. The van der Waals surface area contributed by atoms with Gasteiger partial charge in [-0.15, -0.1) is 0 Å². The van der Waals surface area contributed by atoms with Gasteiger partial charge in [0.05, 0.1) is 5.41 Å². The fourth-order valence-electron chi connectivity index (χ4n) is 2.42. The highest BCUT2D eigenvalue weighted by molar-refractivity contribution is 6.05. The van der Waals surface area contributed by atoms with E-state index in [9.17, 15) is 14.7 Å². The highest BCUT2D eigenvalue weighted by Crippen LogP contribution is 2.39. The maximum absolute atomic E-state index is 11.9. The fraction of sp³-hybridized carbons (Fsp3) is 0.429. The summed E-state index contributed by atoms with van der Waals surface area (Å²) in [6.07, 6.45) is 0. The zero-order valence-corrected chi connectivity index (χ0v) is 11.5. The molecule has 2 rings (SSSR count). The van der Waals surface area contributed by atoms with Gasteiger partial charge in [-0.05, 0) is 45.1 Å². The lowest BCUT2D eigenvalue weighted by Gasteiger charge is -2.22. The second-order valence-electron chi connectivity index (χ2n) is 5.59. The number of anilines is 1. The first-order valence-electron chi connectivity index (χ1n) is 6.10. The van der Waals surface area contributed by atoms with Crippen molar-refractivity contribution >= 4 is 17.6 Å². The average molecular weight is 262 g/mol. The molecular weight excluding hydrogens is 244 g/mol. The van der Waals surface area contributed by atoms with E-state index in [1.807, 2.05) is 19.9 Å². The molecule has 0 bridgehead atoms. The Morgan fingerprint density at radius 3 is 2.53 bits per heavy atom. The monoisotopic (exact) mass is 262 g/mol. The molecule has 1 aromatic carbocycles. The van der Waals surface area contributed by atoms with Crippen molar-refractivity contribution in [2.45, 2.75) is 25.3 Å². The number of aliphatic carboxylic acids is 1. The number of carboxylic acids is 1. The second-order valence-corrected chi connectivity index (χ2v) is 5.59. The van der Waals surface area contributed by atoms with Gasteiger partial charge in [0.15, 0.2) is 0 Å². The summed E-state index contributed by atoms with van der Waals surface area (Å²) in [5, 5.41) is 12.1. The van der Waals surface area contributed by atoms with Crippen LogP contribution in [0.15, 0.2) is 18.2 Å². The molecule has 0 saturated heterocycles. The first-order chi connectivity index (χ1) is 8.75. The van der Waals surface area contributed by atoms with Crippen LogP contribution in [-0.4, -0.2) is 36.0 Å². The lowest BCUT2D eigenvalue weighted by Crippen LogP contribution is -2.29. The molecule has 2 N–H and O–H groups in total. The summed E-state index contributed by atoms with van der Waals surface area (Å²) < 4.78 is 0. The van der Waals surface area contributed by atoms with Crippen LogP contribution >= 0.6 is 0 Å². The second kappa shape index (κ2) is 4.35. The molecule has 0 radical (unpaired) electrons. The van der Waals surface area contributed by atoms with Crippen LogP contribution in [0.3, 0.4) is 0 Å². The third-order valence-corrected chi connectivity index (χ3v) is 3.60. The normalized spacial score (nSPS) is 18.1. The Balaban J connectivity index is 2.51. The zero-order chi connectivity index (χ0) is 14.4. The minimum atomic E-state index is -0.903. The largest absolute Gasteiger partial charge is 0.480 e. The summed E-state index contributed by atoms with van der Waals surface area (Å²) in [5.41, 5.74) is 1.67. The van der Waals surface area contributed by atoms with Crippen LogP contribution in [0.2, 0.25) is 0 Å². The molecule has 102 valence electrons. The average Bonchev–Trinajstić information content (AvgIpc) is 2.50. The number of hydrogen-bond donors (Lipinski definition) is 2. The van der Waals surface area contributed by atoms with Crippen LogP contribution in [0.25, 0.3) is 0 Å². The summed E-state index contributed by atoms with van der Waals surface area (Å²) >= 11 is 0. The number of amides is 1. The van der Waals surface area contributed by atoms with Crippen LogP contribution in [0.5, 0.6) is 0 Å². The van der Waals surface area contributed by atoms with Crippen LogP contribution < -0.4 is 5.32 Å². The Bertz CT molecular complexity index is 550. The Hall–Kier alpha value is -1.88. The fourth-order valence-corrected chi connectivity index (χ4v) is 2.42. The Morgan fingerprint density at radius 1 is 1.37 bits per heavy atom. The van der Waals surface area contributed by atoms with Crippen molar-refractivity contribution in [3.05, 3.63) is 29.3 Å². The van der Waals surface area contributed by atoms with Crippen LogP contribution in [0.4, 0.5) is 5.69 Å². The SMILES string of the molecule is CN(C)C(C(=O)O)c1ccc2c(c1)C(C)(C)C(=O)N2. The van der Waals surface area contributed by atoms with Crippen LogP contribution in [-0.2, 0) is 15.0 Å². The van der Waals surface area contributed by atoms with E-state index in [0.717, 1.165) is 11.3 Å². The van der Waals surface area contributed by atoms with Gasteiger partial charge in [0.1, 0.15) is 6.04 Å². The minimum Gasteiger partial charge on any atom is -0.480 e. The van der Waals surface area contributed by atoms with Gasteiger partial charge in [-0.1, -0.05) is 12.1 Å². The standard InChI is InChI=1S/C14H18N2O3/c1-14(2)9-7-8(11(12(17)18)16(3)4)5-6-10(9)15-13(14)19/h5-7,11H,1-4H3,(H,15,19)(H,17,18). The maximum Gasteiger partial charge on any atom is 0.325 e. The Morgan fingerprint density at radius 2 is 2.00 bits per heavy atom. The van der Waals surface area contributed by atoms with Crippen LogP contribution in [0.1, 0.15) is 31.0 Å². The van der Waals surface area contributed by atoms with E-state index >= 15 is 0 Å². The van der Waals surface area contributed by atoms with Gasteiger partial charge in [0.25, 0.3) is 0 Å². The topological polar surface area (TPSA) is 69.6 Å². The van der Waals surface area contributed by atoms with Gasteiger partial charge in [0.2, 0.25) is 5.91 Å².